The van der Waals surface area contributed by atoms with E-state index in [2.05, 4.69) is 27.1 Å². The van der Waals surface area contributed by atoms with Crippen LogP contribution in [0.3, 0.4) is 0 Å². The molecule has 0 radical (unpaired) electrons. The summed E-state index contributed by atoms with van der Waals surface area (Å²) in [7, 11) is 0. The molecule has 2 aliphatic rings. The van der Waals surface area contributed by atoms with Crippen molar-refractivity contribution < 1.29 is 18.0 Å². The Kier molecular flexibility index (Phi) is 7.39. The molecule has 6 nitrogen and oxygen atoms in total. The van der Waals surface area contributed by atoms with Gasteiger partial charge < -0.3 is 15.5 Å². The lowest BCUT2D eigenvalue weighted by atomic mass is 10.1. The van der Waals surface area contributed by atoms with Crippen LogP contribution in [0.15, 0.2) is 16.4 Å². The van der Waals surface area contributed by atoms with Crippen LogP contribution in [0.4, 0.5) is 13.2 Å². The lowest BCUT2D eigenvalue weighted by molar-refractivity contribution is -0.143. The first kappa shape index (κ1) is 21.9. The third-order valence-electron chi connectivity index (χ3n) is 5.12. The fraction of sp³-hybridized carbons (Fsp3) is 0.684. The molecule has 162 valence electrons. The summed E-state index contributed by atoms with van der Waals surface area (Å²) in [4.78, 5) is 21.6. The number of halogens is 3. The maximum absolute atomic E-state index is 12.5. The van der Waals surface area contributed by atoms with Crippen LogP contribution < -0.4 is 10.6 Å². The van der Waals surface area contributed by atoms with Gasteiger partial charge in [-0.2, -0.15) is 13.2 Å². The van der Waals surface area contributed by atoms with Crippen molar-refractivity contribution in [3.8, 4) is 0 Å². The number of nitrogens with zero attached hydrogens (tertiary/aromatic N) is 3. The zero-order valence-corrected chi connectivity index (χ0v) is 17.4. The lowest BCUT2D eigenvalue weighted by Crippen LogP contribution is -2.45. The third-order valence-corrected chi connectivity index (χ3v) is 6.14. The molecule has 1 saturated heterocycles. The van der Waals surface area contributed by atoms with Gasteiger partial charge in [0.1, 0.15) is 0 Å². The van der Waals surface area contributed by atoms with E-state index in [9.17, 15) is 18.0 Å². The summed E-state index contributed by atoms with van der Waals surface area (Å²) in [6, 6.07) is 2.00. The zero-order valence-electron chi connectivity index (χ0n) is 16.6. The van der Waals surface area contributed by atoms with E-state index in [0.717, 1.165) is 13.0 Å². The Morgan fingerprint density at radius 3 is 2.97 bits per heavy atom. The molecule has 2 N–H and O–H groups in total. The highest BCUT2D eigenvalue weighted by Crippen LogP contribution is 2.24. The topological polar surface area (TPSA) is 60.0 Å². The van der Waals surface area contributed by atoms with Crippen molar-refractivity contribution in [1.82, 2.24) is 20.4 Å². The Labute approximate surface area is 173 Å². The Hall–Kier alpha value is -1.81. The molecule has 1 aromatic rings. The second-order valence-corrected chi connectivity index (χ2v) is 8.43. The number of carbonyl (C=O) groups excluding carboxylic acids is 1. The van der Waals surface area contributed by atoms with Crippen LogP contribution in [0.25, 0.3) is 0 Å². The minimum Gasteiger partial charge on any atom is -0.357 e. The van der Waals surface area contributed by atoms with Crippen molar-refractivity contribution in [2.45, 2.75) is 44.9 Å². The van der Waals surface area contributed by atoms with Gasteiger partial charge in [-0.25, -0.2) is 0 Å². The van der Waals surface area contributed by atoms with Gasteiger partial charge in [-0.1, -0.05) is 0 Å². The van der Waals surface area contributed by atoms with Gasteiger partial charge in [-0.05, 0) is 36.8 Å². The number of hydrogen-bond donors (Lipinski definition) is 2. The van der Waals surface area contributed by atoms with Gasteiger partial charge in [-0.3, -0.25) is 14.7 Å². The second-order valence-electron chi connectivity index (χ2n) is 7.43. The number of alkyl halides is 3. The van der Waals surface area contributed by atoms with Crippen LogP contribution in [0.2, 0.25) is 0 Å². The fourth-order valence-electron chi connectivity index (χ4n) is 3.74. The van der Waals surface area contributed by atoms with Crippen LogP contribution in [-0.2, 0) is 17.8 Å². The maximum Gasteiger partial charge on any atom is 0.401 e. The molecule has 10 heteroatoms. The molecular weight excluding hydrogens is 403 g/mol. The summed E-state index contributed by atoms with van der Waals surface area (Å²) < 4.78 is 37.6. The first-order valence-electron chi connectivity index (χ1n) is 10.0. The molecule has 1 atom stereocenters. The summed E-state index contributed by atoms with van der Waals surface area (Å²) in [6.45, 7) is 4.19. The van der Waals surface area contributed by atoms with E-state index in [1.807, 2.05) is 11.8 Å². The summed E-state index contributed by atoms with van der Waals surface area (Å²) in [5.41, 5.74) is 1.23. The molecule has 0 saturated carbocycles. The molecule has 0 aliphatic carbocycles. The molecular formula is C19H28F3N5OS. The molecule has 0 aromatic carbocycles. The van der Waals surface area contributed by atoms with Crippen molar-refractivity contribution in [1.29, 1.82) is 0 Å². The fourth-order valence-corrected chi connectivity index (χ4v) is 4.63. The number of fused-ring (bicyclic) bond motifs is 1. The Bertz CT molecular complexity index is 721. The third kappa shape index (κ3) is 6.60. The number of thiophene rings is 1. The molecule has 2 aliphatic heterocycles. The average molecular weight is 432 g/mol. The second kappa shape index (κ2) is 9.80. The Balaban J connectivity index is 1.45. The van der Waals surface area contributed by atoms with Crippen LogP contribution in [0.1, 0.15) is 30.2 Å². The number of carbonyl (C=O) groups is 1. The number of aliphatic imine (C=N–C) groups is 1. The number of amides is 1. The number of rotatable bonds is 6. The lowest BCUT2D eigenvalue weighted by Gasteiger charge is -2.27. The van der Waals surface area contributed by atoms with Crippen molar-refractivity contribution in [2.75, 3.05) is 39.3 Å². The van der Waals surface area contributed by atoms with Gasteiger partial charge in [0, 0.05) is 50.1 Å². The first-order chi connectivity index (χ1) is 13.8. The van der Waals surface area contributed by atoms with Crippen molar-refractivity contribution >= 4 is 23.2 Å². The quantitative estimate of drug-likeness (QED) is 0.536. The summed E-state index contributed by atoms with van der Waals surface area (Å²) >= 11 is 1.74. The highest BCUT2D eigenvalue weighted by atomic mass is 32.1. The van der Waals surface area contributed by atoms with Crippen molar-refractivity contribution in [3.05, 3.63) is 21.9 Å². The standard InChI is InChI=1S/C19H28F3N5OS/c1-2-23-18(25-15-4-8-26(12-15)13-19(20,21)22)24-7-3-17(28)27-9-5-16-14(11-27)6-10-29-16/h6,10,15H,2-5,7-9,11-13H2,1H3,(H2,23,24,25). The van der Waals surface area contributed by atoms with Crippen LogP contribution in [0, 0.1) is 0 Å². The predicted molar refractivity (Wildman–Crippen MR) is 108 cm³/mol. The van der Waals surface area contributed by atoms with Crippen LogP contribution >= 0.6 is 11.3 Å². The van der Waals surface area contributed by atoms with Gasteiger partial charge in [0.05, 0.1) is 13.1 Å². The molecule has 3 heterocycles. The van der Waals surface area contributed by atoms with E-state index in [1.54, 1.807) is 11.3 Å². The number of likely N-dealkylation sites (tertiary alicyclic amines) is 1. The summed E-state index contributed by atoms with van der Waals surface area (Å²) in [5.74, 6) is 0.636. The summed E-state index contributed by atoms with van der Waals surface area (Å²) in [6.07, 6.45) is -2.31. The van der Waals surface area contributed by atoms with E-state index in [-0.39, 0.29) is 11.9 Å². The van der Waals surface area contributed by atoms with Gasteiger partial charge in [-0.15, -0.1) is 11.3 Å². The maximum atomic E-state index is 12.5. The SMILES string of the molecule is CCNC(=NCCC(=O)N1CCc2sccc2C1)NC1CCN(CC(F)(F)F)C1. The monoisotopic (exact) mass is 431 g/mol. The Morgan fingerprint density at radius 2 is 2.21 bits per heavy atom. The number of guanidine groups is 1. The predicted octanol–water partition coefficient (Wildman–Crippen LogP) is 2.21. The smallest absolute Gasteiger partial charge is 0.357 e. The molecule has 0 spiro atoms. The van der Waals surface area contributed by atoms with Crippen molar-refractivity contribution in [3.63, 3.8) is 0 Å². The largest absolute Gasteiger partial charge is 0.401 e. The molecule has 1 aromatic heterocycles. The van der Waals surface area contributed by atoms with Gasteiger partial charge in [0.2, 0.25) is 5.91 Å². The molecule has 29 heavy (non-hydrogen) atoms. The highest BCUT2D eigenvalue weighted by molar-refractivity contribution is 7.10. The van der Waals surface area contributed by atoms with Gasteiger partial charge >= 0.3 is 6.18 Å². The van der Waals surface area contributed by atoms with Gasteiger partial charge in [0.15, 0.2) is 5.96 Å². The number of nitrogens with one attached hydrogen (secondary N) is 2. The first-order valence-corrected chi connectivity index (χ1v) is 10.9. The number of hydrogen-bond acceptors (Lipinski definition) is 4. The van der Waals surface area contributed by atoms with Gasteiger partial charge in [0.25, 0.3) is 0 Å². The Morgan fingerprint density at radius 1 is 1.38 bits per heavy atom. The zero-order chi connectivity index (χ0) is 20.9. The van der Waals surface area contributed by atoms with Crippen molar-refractivity contribution in [2.24, 2.45) is 4.99 Å². The van der Waals surface area contributed by atoms with E-state index in [4.69, 9.17) is 0 Å². The molecule has 3 rings (SSSR count). The molecule has 1 unspecified atom stereocenters. The normalized spacial score (nSPS) is 20.6. The molecule has 0 bridgehead atoms. The molecule has 1 fully saturated rings. The highest BCUT2D eigenvalue weighted by Gasteiger charge is 2.34. The van der Waals surface area contributed by atoms with E-state index in [1.165, 1.54) is 15.3 Å². The van der Waals surface area contributed by atoms with E-state index < -0.39 is 12.7 Å². The average Bonchev–Trinajstić information content (AvgIpc) is 3.28. The summed E-state index contributed by atoms with van der Waals surface area (Å²) in [5, 5.41) is 8.38. The van der Waals surface area contributed by atoms with Crippen LogP contribution in [-0.4, -0.2) is 73.2 Å². The minimum absolute atomic E-state index is 0.0787. The minimum atomic E-state index is -4.17. The molecule has 1 amide bonds. The van der Waals surface area contributed by atoms with E-state index >= 15 is 0 Å². The van der Waals surface area contributed by atoms with Crippen LogP contribution in [0.5, 0.6) is 0 Å². The van der Waals surface area contributed by atoms with E-state index in [0.29, 0.717) is 51.5 Å².